The Hall–Kier alpha value is -0.120. The molecule has 3 nitrogen and oxygen atoms in total. The zero-order chi connectivity index (χ0) is 12.0. The monoisotopic (exact) mass is 241 g/mol. The third-order valence-electron chi connectivity index (χ3n) is 4.29. The molecule has 1 saturated heterocycles. The smallest absolute Gasteiger partial charge is 0.0815 e. The van der Waals surface area contributed by atoms with Gasteiger partial charge in [-0.1, -0.05) is 25.7 Å². The maximum atomic E-state index is 10.3. The summed E-state index contributed by atoms with van der Waals surface area (Å²) < 4.78 is 5.29. The lowest BCUT2D eigenvalue weighted by atomic mass is 9.93. The molecule has 0 bridgehead atoms. The van der Waals surface area contributed by atoms with Crippen molar-refractivity contribution in [3.63, 3.8) is 0 Å². The summed E-state index contributed by atoms with van der Waals surface area (Å²) >= 11 is 0. The lowest BCUT2D eigenvalue weighted by Crippen LogP contribution is -2.46. The van der Waals surface area contributed by atoms with Crippen molar-refractivity contribution in [3.05, 3.63) is 0 Å². The molecule has 3 heteroatoms. The summed E-state index contributed by atoms with van der Waals surface area (Å²) in [5.74, 6) is 0.834. The molecule has 0 aromatic carbocycles. The van der Waals surface area contributed by atoms with Gasteiger partial charge in [0.2, 0.25) is 0 Å². The summed E-state index contributed by atoms with van der Waals surface area (Å²) in [4.78, 5) is 0. The van der Waals surface area contributed by atoms with Gasteiger partial charge in [0.25, 0.3) is 0 Å². The lowest BCUT2D eigenvalue weighted by molar-refractivity contribution is -0.0618. The second kappa shape index (κ2) is 6.72. The van der Waals surface area contributed by atoms with Crippen molar-refractivity contribution in [2.75, 3.05) is 26.3 Å². The number of hydrogen-bond donors (Lipinski definition) is 2. The van der Waals surface area contributed by atoms with Crippen LogP contribution in [0.2, 0.25) is 0 Å². The van der Waals surface area contributed by atoms with Crippen molar-refractivity contribution in [2.45, 2.75) is 57.0 Å². The Labute approximate surface area is 105 Å². The minimum absolute atomic E-state index is 0.511. The first-order valence-corrected chi connectivity index (χ1v) is 7.29. The van der Waals surface area contributed by atoms with Crippen LogP contribution < -0.4 is 5.32 Å². The van der Waals surface area contributed by atoms with Crippen molar-refractivity contribution in [1.82, 2.24) is 5.32 Å². The van der Waals surface area contributed by atoms with Crippen molar-refractivity contribution in [1.29, 1.82) is 0 Å². The molecule has 17 heavy (non-hydrogen) atoms. The fourth-order valence-corrected chi connectivity index (χ4v) is 3.01. The molecule has 0 radical (unpaired) electrons. The van der Waals surface area contributed by atoms with E-state index in [4.69, 9.17) is 4.74 Å². The van der Waals surface area contributed by atoms with Crippen LogP contribution in [-0.2, 0) is 4.74 Å². The molecule has 0 atom stereocenters. The van der Waals surface area contributed by atoms with E-state index in [2.05, 4.69) is 5.32 Å². The van der Waals surface area contributed by atoms with Gasteiger partial charge in [-0.05, 0) is 25.3 Å². The first-order valence-electron chi connectivity index (χ1n) is 7.29. The molecule has 2 rings (SSSR count). The summed E-state index contributed by atoms with van der Waals surface area (Å²) in [6.45, 7) is 3.25. The number of aliphatic hydroxyl groups is 1. The van der Waals surface area contributed by atoms with Crippen LogP contribution in [0.3, 0.4) is 0 Å². The molecule has 1 heterocycles. The summed E-state index contributed by atoms with van der Waals surface area (Å²) in [7, 11) is 0. The predicted octanol–water partition coefficient (Wildman–Crippen LogP) is 2.09. The van der Waals surface area contributed by atoms with Gasteiger partial charge in [-0.15, -0.1) is 0 Å². The van der Waals surface area contributed by atoms with Crippen LogP contribution in [0.1, 0.15) is 51.4 Å². The van der Waals surface area contributed by atoms with Gasteiger partial charge in [0, 0.05) is 32.6 Å². The maximum Gasteiger partial charge on any atom is 0.0815 e. The van der Waals surface area contributed by atoms with Crippen LogP contribution in [-0.4, -0.2) is 37.0 Å². The van der Waals surface area contributed by atoms with Crippen LogP contribution in [0.25, 0.3) is 0 Å². The van der Waals surface area contributed by atoms with E-state index in [-0.39, 0.29) is 0 Å². The summed E-state index contributed by atoms with van der Waals surface area (Å²) in [5, 5.41) is 13.8. The van der Waals surface area contributed by atoms with E-state index in [0.29, 0.717) is 13.2 Å². The first-order chi connectivity index (χ1) is 8.29. The Balaban J connectivity index is 1.63. The molecule has 0 unspecified atom stereocenters. The molecular weight excluding hydrogens is 214 g/mol. The highest BCUT2D eigenvalue weighted by Crippen LogP contribution is 2.23. The quantitative estimate of drug-likeness (QED) is 0.741. The SMILES string of the molecule is OC1(CNCC2CCCCCC2)CCOCC1. The van der Waals surface area contributed by atoms with Gasteiger partial charge in [-0.25, -0.2) is 0 Å². The molecule has 1 aliphatic carbocycles. The molecule has 2 N–H and O–H groups in total. The standard InChI is InChI=1S/C14H27NO2/c16-14(7-9-17-10-8-14)12-15-11-13-5-3-1-2-4-6-13/h13,15-16H,1-12H2. The van der Waals surface area contributed by atoms with E-state index in [1.54, 1.807) is 0 Å². The fourth-order valence-electron chi connectivity index (χ4n) is 3.01. The fraction of sp³-hybridized carbons (Fsp3) is 1.00. The normalized spacial score (nSPS) is 26.6. The Morgan fingerprint density at radius 3 is 2.35 bits per heavy atom. The van der Waals surface area contributed by atoms with Crippen LogP contribution in [0.5, 0.6) is 0 Å². The minimum Gasteiger partial charge on any atom is -0.388 e. The Morgan fingerprint density at radius 2 is 1.71 bits per heavy atom. The molecule has 0 aromatic heterocycles. The number of ether oxygens (including phenoxy) is 1. The van der Waals surface area contributed by atoms with Gasteiger partial charge in [0.1, 0.15) is 0 Å². The highest BCUT2D eigenvalue weighted by atomic mass is 16.5. The molecular formula is C14H27NO2. The zero-order valence-electron chi connectivity index (χ0n) is 10.9. The van der Waals surface area contributed by atoms with E-state index < -0.39 is 5.60 Å². The molecule has 1 aliphatic heterocycles. The van der Waals surface area contributed by atoms with Crippen LogP contribution in [0.4, 0.5) is 0 Å². The van der Waals surface area contributed by atoms with Gasteiger partial charge in [-0.3, -0.25) is 0 Å². The van der Waals surface area contributed by atoms with E-state index in [1.807, 2.05) is 0 Å². The number of rotatable bonds is 4. The summed E-state index contributed by atoms with van der Waals surface area (Å²) in [6, 6.07) is 0. The molecule has 0 amide bonds. The second-order valence-corrected chi connectivity index (χ2v) is 5.83. The molecule has 100 valence electrons. The third-order valence-corrected chi connectivity index (χ3v) is 4.29. The van der Waals surface area contributed by atoms with Crippen molar-refractivity contribution in [2.24, 2.45) is 5.92 Å². The topological polar surface area (TPSA) is 41.5 Å². The first kappa shape index (κ1) is 13.3. The molecule has 2 aliphatic rings. The van der Waals surface area contributed by atoms with Gasteiger partial charge in [0.05, 0.1) is 5.60 Å². The predicted molar refractivity (Wildman–Crippen MR) is 69.1 cm³/mol. The maximum absolute atomic E-state index is 10.3. The zero-order valence-corrected chi connectivity index (χ0v) is 10.9. The van der Waals surface area contributed by atoms with Gasteiger partial charge >= 0.3 is 0 Å². The van der Waals surface area contributed by atoms with Crippen LogP contribution in [0, 0.1) is 5.92 Å². The highest BCUT2D eigenvalue weighted by molar-refractivity contribution is 4.83. The minimum atomic E-state index is -0.511. The number of hydrogen-bond acceptors (Lipinski definition) is 3. The van der Waals surface area contributed by atoms with Crippen LogP contribution in [0.15, 0.2) is 0 Å². The summed E-state index contributed by atoms with van der Waals surface area (Å²) in [6.07, 6.45) is 9.92. The van der Waals surface area contributed by atoms with Crippen molar-refractivity contribution < 1.29 is 9.84 Å². The second-order valence-electron chi connectivity index (χ2n) is 5.83. The van der Waals surface area contributed by atoms with Gasteiger partial charge in [0.15, 0.2) is 0 Å². The average Bonchev–Trinajstić information content (AvgIpc) is 2.58. The highest BCUT2D eigenvalue weighted by Gasteiger charge is 2.29. The Kier molecular flexibility index (Phi) is 5.26. The van der Waals surface area contributed by atoms with Gasteiger partial charge in [-0.2, -0.15) is 0 Å². The lowest BCUT2D eigenvalue weighted by Gasteiger charge is -2.32. The van der Waals surface area contributed by atoms with Crippen LogP contribution >= 0.6 is 0 Å². The average molecular weight is 241 g/mol. The molecule has 1 saturated carbocycles. The molecule has 0 spiro atoms. The number of nitrogens with one attached hydrogen (secondary N) is 1. The summed E-state index contributed by atoms with van der Waals surface area (Å²) in [5.41, 5.74) is -0.511. The molecule has 2 fully saturated rings. The van der Waals surface area contributed by atoms with E-state index >= 15 is 0 Å². The third kappa shape index (κ3) is 4.57. The van der Waals surface area contributed by atoms with Crippen molar-refractivity contribution >= 4 is 0 Å². The van der Waals surface area contributed by atoms with E-state index in [0.717, 1.165) is 31.8 Å². The van der Waals surface area contributed by atoms with E-state index in [1.165, 1.54) is 38.5 Å². The van der Waals surface area contributed by atoms with Gasteiger partial charge < -0.3 is 15.2 Å². The van der Waals surface area contributed by atoms with Crippen molar-refractivity contribution in [3.8, 4) is 0 Å². The largest absolute Gasteiger partial charge is 0.388 e. The Morgan fingerprint density at radius 1 is 1.06 bits per heavy atom. The molecule has 0 aromatic rings. The van der Waals surface area contributed by atoms with E-state index in [9.17, 15) is 5.11 Å². The Bertz CT molecular complexity index is 206.